The number of carbonyl (C=O) groups excluding carboxylic acids is 3. The predicted octanol–water partition coefficient (Wildman–Crippen LogP) is 4.39. The molecular formula is C24H23BrClN5O3. The maximum absolute atomic E-state index is 13.1. The Bertz CT molecular complexity index is 1200. The lowest BCUT2D eigenvalue weighted by atomic mass is 10.1. The van der Waals surface area contributed by atoms with E-state index in [-0.39, 0.29) is 21.9 Å². The fourth-order valence-electron chi connectivity index (χ4n) is 3.81. The van der Waals surface area contributed by atoms with Crippen LogP contribution in [0.2, 0.25) is 5.02 Å². The van der Waals surface area contributed by atoms with E-state index in [1.807, 2.05) is 30.3 Å². The molecular weight excluding hydrogens is 522 g/mol. The summed E-state index contributed by atoms with van der Waals surface area (Å²) in [6, 6.07) is 15.7. The van der Waals surface area contributed by atoms with Crippen molar-refractivity contribution in [2.75, 3.05) is 11.9 Å². The minimum absolute atomic E-state index is 0.0427. The van der Waals surface area contributed by atoms with Gasteiger partial charge in [-0.05, 0) is 52.9 Å². The molecule has 3 aromatic rings. The van der Waals surface area contributed by atoms with E-state index in [1.54, 1.807) is 29.2 Å². The number of nitrogens with one attached hydrogen (secondary N) is 3. The lowest BCUT2D eigenvalue weighted by Crippen LogP contribution is -2.47. The quantitative estimate of drug-likeness (QED) is 0.428. The molecule has 0 radical (unpaired) electrons. The van der Waals surface area contributed by atoms with Crippen molar-refractivity contribution in [1.82, 2.24) is 20.4 Å². The number of aromatic amines is 1. The van der Waals surface area contributed by atoms with Crippen molar-refractivity contribution < 1.29 is 14.4 Å². The van der Waals surface area contributed by atoms with E-state index in [4.69, 9.17) is 11.6 Å². The average Bonchev–Trinajstić information content (AvgIpc) is 3.11. The number of likely N-dealkylation sites (tertiary alicyclic amines) is 1. The van der Waals surface area contributed by atoms with Gasteiger partial charge in [-0.15, -0.1) is 0 Å². The number of hydrogen-bond acceptors (Lipinski definition) is 4. The standard InChI is InChI=1S/C24H23BrClN5O3/c25-19-20(29-30-21(19)28-22(32)16-10-4-5-11-17(16)26)23(33)27-18-12-6-7-13-31(24(18)34)14-15-8-2-1-3-9-15/h1-5,8-11,18H,6-7,12-14H2,(H,27,33)(H2,28,29,30,32)/t18-/m1/s1. The van der Waals surface area contributed by atoms with Gasteiger partial charge in [0.25, 0.3) is 11.8 Å². The lowest BCUT2D eigenvalue weighted by Gasteiger charge is -2.25. The van der Waals surface area contributed by atoms with Gasteiger partial charge in [-0.25, -0.2) is 0 Å². The molecule has 8 nitrogen and oxygen atoms in total. The van der Waals surface area contributed by atoms with Gasteiger partial charge in [-0.1, -0.05) is 54.1 Å². The first-order valence-corrected chi connectivity index (χ1v) is 12.0. The van der Waals surface area contributed by atoms with E-state index < -0.39 is 17.9 Å². The molecule has 0 unspecified atom stereocenters. The molecule has 2 aromatic carbocycles. The third-order valence-electron chi connectivity index (χ3n) is 5.58. The summed E-state index contributed by atoms with van der Waals surface area (Å²) in [5.41, 5.74) is 1.37. The number of aromatic nitrogens is 2. The van der Waals surface area contributed by atoms with E-state index in [0.29, 0.717) is 30.1 Å². The normalized spacial score (nSPS) is 16.1. The van der Waals surface area contributed by atoms with Crippen LogP contribution in [0.5, 0.6) is 0 Å². The van der Waals surface area contributed by atoms with Gasteiger partial charge in [-0.3, -0.25) is 19.5 Å². The summed E-state index contributed by atoms with van der Waals surface area (Å²) in [4.78, 5) is 40.4. The number of nitrogens with zero attached hydrogens (tertiary/aromatic N) is 2. The van der Waals surface area contributed by atoms with Gasteiger partial charge in [-0.2, -0.15) is 5.10 Å². The topological polar surface area (TPSA) is 107 Å². The number of hydrogen-bond donors (Lipinski definition) is 3. The summed E-state index contributed by atoms with van der Waals surface area (Å²) >= 11 is 9.41. The number of rotatable bonds is 6. The van der Waals surface area contributed by atoms with Crippen LogP contribution in [0.4, 0.5) is 5.82 Å². The fraction of sp³-hybridized carbons (Fsp3) is 0.250. The van der Waals surface area contributed by atoms with E-state index in [2.05, 4.69) is 36.8 Å². The van der Waals surface area contributed by atoms with E-state index in [0.717, 1.165) is 18.4 Å². The van der Waals surface area contributed by atoms with Gasteiger partial charge in [0.05, 0.1) is 15.1 Å². The average molecular weight is 545 g/mol. The molecule has 1 atom stereocenters. The van der Waals surface area contributed by atoms with Crippen LogP contribution in [-0.2, 0) is 11.3 Å². The van der Waals surface area contributed by atoms with E-state index >= 15 is 0 Å². The first-order chi connectivity index (χ1) is 16.4. The highest BCUT2D eigenvalue weighted by atomic mass is 79.9. The molecule has 4 rings (SSSR count). The molecule has 0 saturated carbocycles. The molecule has 1 fully saturated rings. The van der Waals surface area contributed by atoms with Gasteiger partial charge in [0.15, 0.2) is 5.69 Å². The third-order valence-corrected chi connectivity index (χ3v) is 6.68. The van der Waals surface area contributed by atoms with Gasteiger partial charge >= 0.3 is 0 Å². The van der Waals surface area contributed by atoms with Crippen molar-refractivity contribution in [3.05, 3.63) is 80.9 Å². The number of halogens is 2. The first kappa shape index (κ1) is 24.0. The number of benzene rings is 2. The van der Waals surface area contributed by atoms with Crippen LogP contribution >= 0.6 is 27.5 Å². The molecule has 10 heteroatoms. The van der Waals surface area contributed by atoms with E-state index in [9.17, 15) is 14.4 Å². The molecule has 0 aliphatic carbocycles. The lowest BCUT2D eigenvalue weighted by molar-refractivity contribution is -0.133. The van der Waals surface area contributed by atoms with Crippen molar-refractivity contribution in [1.29, 1.82) is 0 Å². The van der Waals surface area contributed by atoms with Gasteiger partial charge in [0.1, 0.15) is 11.9 Å². The molecule has 0 spiro atoms. The second kappa shape index (κ2) is 10.8. The Hall–Kier alpha value is -3.17. The smallest absolute Gasteiger partial charge is 0.273 e. The maximum atomic E-state index is 13.1. The van der Waals surface area contributed by atoms with Gasteiger partial charge < -0.3 is 15.5 Å². The zero-order valence-electron chi connectivity index (χ0n) is 18.2. The highest BCUT2D eigenvalue weighted by Crippen LogP contribution is 2.26. The minimum Gasteiger partial charge on any atom is -0.339 e. The Morgan fingerprint density at radius 3 is 2.59 bits per heavy atom. The molecule has 1 aliphatic rings. The Balaban J connectivity index is 1.44. The van der Waals surface area contributed by atoms with Crippen LogP contribution < -0.4 is 10.6 Å². The van der Waals surface area contributed by atoms with E-state index in [1.165, 1.54) is 0 Å². The molecule has 34 heavy (non-hydrogen) atoms. The molecule has 1 aromatic heterocycles. The number of amides is 3. The molecule has 1 saturated heterocycles. The zero-order chi connectivity index (χ0) is 24.1. The summed E-state index contributed by atoms with van der Waals surface area (Å²) < 4.78 is 0.285. The molecule has 2 heterocycles. The maximum Gasteiger partial charge on any atom is 0.273 e. The second-order valence-corrected chi connectivity index (χ2v) is 9.16. The van der Waals surface area contributed by atoms with Crippen molar-refractivity contribution in [3.8, 4) is 0 Å². The van der Waals surface area contributed by atoms with Crippen molar-refractivity contribution in [2.24, 2.45) is 0 Å². The van der Waals surface area contributed by atoms with Crippen LogP contribution in [0, 0.1) is 0 Å². The summed E-state index contributed by atoms with van der Waals surface area (Å²) in [5, 5.41) is 12.5. The van der Waals surface area contributed by atoms with Crippen molar-refractivity contribution in [2.45, 2.75) is 31.8 Å². The summed E-state index contributed by atoms with van der Waals surface area (Å²) in [7, 11) is 0. The number of anilines is 1. The number of H-pyrrole nitrogens is 1. The van der Waals surface area contributed by atoms with Crippen LogP contribution in [0.1, 0.15) is 45.7 Å². The fourth-order valence-corrected chi connectivity index (χ4v) is 4.49. The molecule has 1 aliphatic heterocycles. The Kier molecular flexibility index (Phi) is 7.64. The first-order valence-electron chi connectivity index (χ1n) is 10.9. The minimum atomic E-state index is -0.650. The van der Waals surface area contributed by atoms with Crippen LogP contribution in [0.3, 0.4) is 0 Å². The third kappa shape index (κ3) is 5.48. The van der Waals surface area contributed by atoms with Crippen LogP contribution in [-0.4, -0.2) is 45.4 Å². The Morgan fingerprint density at radius 1 is 1.09 bits per heavy atom. The zero-order valence-corrected chi connectivity index (χ0v) is 20.5. The predicted molar refractivity (Wildman–Crippen MR) is 133 cm³/mol. The monoisotopic (exact) mass is 543 g/mol. The molecule has 3 N–H and O–H groups in total. The van der Waals surface area contributed by atoms with Crippen LogP contribution in [0.25, 0.3) is 0 Å². The largest absolute Gasteiger partial charge is 0.339 e. The van der Waals surface area contributed by atoms with Gasteiger partial charge in [0, 0.05) is 13.1 Å². The highest BCUT2D eigenvalue weighted by molar-refractivity contribution is 9.10. The van der Waals surface area contributed by atoms with Crippen molar-refractivity contribution >= 4 is 51.1 Å². The SMILES string of the molecule is O=C(Nc1[nH]nc(C(=O)N[C@@H]2CCCCN(Cc3ccccc3)C2=O)c1Br)c1ccccc1Cl. The summed E-state index contributed by atoms with van der Waals surface area (Å²) in [6.07, 6.45) is 2.24. The summed E-state index contributed by atoms with van der Waals surface area (Å²) in [5.74, 6) is -0.861. The second-order valence-electron chi connectivity index (χ2n) is 7.96. The number of carbonyl (C=O) groups is 3. The Morgan fingerprint density at radius 2 is 1.82 bits per heavy atom. The van der Waals surface area contributed by atoms with Gasteiger partial charge in [0.2, 0.25) is 5.91 Å². The molecule has 3 amide bonds. The highest BCUT2D eigenvalue weighted by Gasteiger charge is 2.30. The molecule has 176 valence electrons. The summed E-state index contributed by atoms with van der Waals surface area (Å²) in [6.45, 7) is 1.14. The van der Waals surface area contributed by atoms with Crippen LogP contribution in [0.15, 0.2) is 59.1 Å². The molecule has 0 bridgehead atoms. The van der Waals surface area contributed by atoms with Crippen molar-refractivity contribution in [3.63, 3.8) is 0 Å². The Labute approximate surface area is 210 Å².